The maximum Gasteiger partial charge on any atom is 0.348 e. The van der Waals surface area contributed by atoms with Crippen LogP contribution in [-0.4, -0.2) is 45.5 Å². The molecule has 2 aromatic rings. The molecule has 0 atom stereocenters. The van der Waals surface area contributed by atoms with Crippen LogP contribution in [0.5, 0.6) is 0 Å². The second-order valence-electron chi connectivity index (χ2n) is 7.66. The average Bonchev–Trinajstić information content (AvgIpc) is 3.01. The Labute approximate surface area is 168 Å². The lowest BCUT2D eigenvalue weighted by Crippen LogP contribution is -2.41. The second-order valence-corrected chi connectivity index (χ2v) is 8.66. The van der Waals surface area contributed by atoms with E-state index in [1.807, 2.05) is 7.05 Å². The third-order valence-electron chi connectivity index (χ3n) is 5.27. The summed E-state index contributed by atoms with van der Waals surface area (Å²) >= 11 is 1.15. The molecule has 0 aromatic carbocycles. The van der Waals surface area contributed by atoms with Gasteiger partial charge in [-0.3, -0.25) is 14.2 Å². The zero-order chi connectivity index (χ0) is 20.4. The molecule has 0 radical (unpaired) electrons. The third-order valence-corrected chi connectivity index (χ3v) is 6.45. The SMILES string of the molecule is Cc1c(C(=O)OC(C)C)sc2ncn(CC(=O)N(C)C3CCCCC3)c(=O)c12. The number of likely N-dealkylation sites (N-methyl/N-ethyl adjacent to an activating group) is 1. The summed E-state index contributed by atoms with van der Waals surface area (Å²) in [6, 6.07) is 0.244. The van der Waals surface area contributed by atoms with Crippen LogP contribution in [0.1, 0.15) is 61.2 Å². The van der Waals surface area contributed by atoms with Crippen molar-refractivity contribution < 1.29 is 14.3 Å². The van der Waals surface area contributed by atoms with Gasteiger partial charge in [0.25, 0.3) is 5.56 Å². The van der Waals surface area contributed by atoms with E-state index in [4.69, 9.17) is 4.74 Å². The molecule has 1 saturated carbocycles. The summed E-state index contributed by atoms with van der Waals surface area (Å²) in [7, 11) is 1.81. The number of rotatable bonds is 5. The van der Waals surface area contributed by atoms with Crippen LogP contribution in [0.15, 0.2) is 11.1 Å². The number of nitrogens with zero attached hydrogens (tertiary/aromatic N) is 3. The normalized spacial score (nSPS) is 15.2. The van der Waals surface area contributed by atoms with E-state index in [0.29, 0.717) is 20.7 Å². The minimum atomic E-state index is -0.449. The number of amides is 1. The van der Waals surface area contributed by atoms with E-state index >= 15 is 0 Å². The van der Waals surface area contributed by atoms with Gasteiger partial charge in [0.1, 0.15) is 16.3 Å². The van der Waals surface area contributed by atoms with Gasteiger partial charge >= 0.3 is 5.97 Å². The van der Waals surface area contributed by atoms with Gasteiger partial charge in [0.15, 0.2) is 0 Å². The molecular weight excluding hydrogens is 378 g/mol. The van der Waals surface area contributed by atoms with Crippen molar-refractivity contribution in [2.24, 2.45) is 0 Å². The third kappa shape index (κ3) is 4.11. The Morgan fingerprint density at radius 2 is 2.00 bits per heavy atom. The van der Waals surface area contributed by atoms with Crippen LogP contribution in [0.4, 0.5) is 0 Å². The molecule has 8 heteroatoms. The first-order chi connectivity index (χ1) is 13.3. The van der Waals surface area contributed by atoms with Crippen molar-refractivity contribution in [3.8, 4) is 0 Å². The smallest absolute Gasteiger partial charge is 0.348 e. The summed E-state index contributed by atoms with van der Waals surface area (Å²) in [6.07, 6.45) is 6.67. The molecule has 1 aliphatic carbocycles. The standard InChI is InChI=1S/C20H27N3O4S/c1-12(2)27-20(26)17-13(3)16-18(28-17)21-11-23(19(16)25)10-15(24)22(4)14-8-6-5-7-9-14/h11-12,14H,5-10H2,1-4H3. The molecule has 2 heterocycles. The predicted molar refractivity (Wildman–Crippen MR) is 109 cm³/mol. The van der Waals surface area contributed by atoms with E-state index in [0.717, 1.165) is 37.0 Å². The molecule has 1 amide bonds. The highest BCUT2D eigenvalue weighted by atomic mass is 32.1. The molecule has 0 spiro atoms. The number of fused-ring (bicyclic) bond motifs is 1. The van der Waals surface area contributed by atoms with E-state index in [-0.39, 0.29) is 30.2 Å². The Morgan fingerprint density at radius 1 is 1.32 bits per heavy atom. The summed E-state index contributed by atoms with van der Waals surface area (Å²) in [6.45, 7) is 5.23. The molecule has 3 rings (SSSR count). The predicted octanol–water partition coefficient (Wildman–Crippen LogP) is 3.12. The Morgan fingerprint density at radius 3 is 2.64 bits per heavy atom. The summed E-state index contributed by atoms with van der Waals surface area (Å²) in [5, 5.41) is 0.385. The number of aryl methyl sites for hydroxylation is 1. The number of aromatic nitrogens is 2. The molecule has 7 nitrogen and oxygen atoms in total. The highest BCUT2D eigenvalue weighted by Crippen LogP contribution is 2.28. The summed E-state index contributed by atoms with van der Waals surface area (Å²) in [4.78, 5) is 44.9. The van der Waals surface area contributed by atoms with Crippen LogP contribution in [0.3, 0.4) is 0 Å². The topological polar surface area (TPSA) is 81.5 Å². The van der Waals surface area contributed by atoms with Crippen molar-refractivity contribution in [3.05, 3.63) is 27.1 Å². The Balaban J connectivity index is 1.85. The first-order valence-electron chi connectivity index (χ1n) is 9.74. The Kier molecular flexibility index (Phi) is 6.17. The number of esters is 1. The minimum Gasteiger partial charge on any atom is -0.459 e. The van der Waals surface area contributed by atoms with Gasteiger partial charge in [-0.25, -0.2) is 9.78 Å². The van der Waals surface area contributed by atoms with Crippen LogP contribution < -0.4 is 5.56 Å². The van der Waals surface area contributed by atoms with E-state index < -0.39 is 5.97 Å². The van der Waals surface area contributed by atoms with Crippen molar-refractivity contribution in [3.63, 3.8) is 0 Å². The molecular formula is C20H27N3O4S. The number of ether oxygens (including phenoxy) is 1. The highest BCUT2D eigenvalue weighted by molar-refractivity contribution is 7.20. The van der Waals surface area contributed by atoms with E-state index in [2.05, 4.69) is 4.98 Å². The van der Waals surface area contributed by atoms with Gasteiger partial charge in [-0.15, -0.1) is 11.3 Å². The molecule has 0 aliphatic heterocycles. The molecule has 2 aromatic heterocycles. The fraction of sp³-hybridized carbons (Fsp3) is 0.600. The van der Waals surface area contributed by atoms with Crippen molar-refractivity contribution in [1.29, 1.82) is 0 Å². The zero-order valence-electron chi connectivity index (χ0n) is 16.9. The van der Waals surface area contributed by atoms with Crippen molar-refractivity contribution in [1.82, 2.24) is 14.5 Å². The first kappa shape index (κ1) is 20.5. The van der Waals surface area contributed by atoms with Crippen molar-refractivity contribution >= 4 is 33.4 Å². The van der Waals surface area contributed by atoms with Gasteiger partial charge in [-0.2, -0.15) is 0 Å². The molecule has 0 unspecified atom stereocenters. The quantitative estimate of drug-likeness (QED) is 0.714. The average molecular weight is 406 g/mol. The largest absolute Gasteiger partial charge is 0.459 e. The molecule has 0 N–H and O–H groups in total. The fourth-order valence-corrected chi connectivity index (χ4v) is 4.69. The number of thiophene rings is 1. The van der Waals surface area contributed by atoms with Gasteiger partial charge in [-0.1, -0.05) is 19.3 Å². The van der Waals surface area contributed by atoms with E-state index in [1.54, 1.807) is 25.7 Å². The molecule has 28 heavy (non-hydrogen) atoms. The van der Waals surface area contributed by atoms with Gasteiger partial charge < -0.3 is 9.64 Å². The van der Waals surface area contributed by atoms with Crippen molar-refractivity contribution in [2.75, 3.05) is 7.05 Å². The second kappa shape index (κ2) is 8.43. The highest BCUT2D eigenvalue weighted by Gasteiger charge is 2.24. The van der Waals surface area contributed by atoms with Gasteiger partial charge in [-0.05, 0) is 39.2 Å². The number of hydrogen-bond acceptors (Lipinski definition) is 6. The number of hydrogen-bond donors (Lipinski definition) is 0. The van der Waals surface area contributed by atoms with Crippen LogP contribution >= 0.6 is 11.3 Å². The van der Waals surface area contributed by atoms with Crippen LogP contribution in [0.25, 0.3) is 10.2 Å². The fourth-order valence-electron chi connectivity index (χ4n) is 3.66. The van der Waals surface area contributed by atoms with Gasteiger partial charge in [0.05, 0.1) is 17.8 Å². The zero-order valence-corrected chi connectivity index (χ0v) is 17.7. The maximum absolute atomic E-state index is 12.9. The molecule has 0 saturated heterocycles. The van der Waals surface area contributed by atoms with Gasteiger partial charge in [0, 0.05) is 13.1 Å². The first-order valence-corrected chi connectivity index (χ1v) is 10.6. The molecule has 152 valence electrons. The lowest BCUT2D eigenvalue weighted by molar-refractivity contribution is -0.133. The van der Waals surface area contributed by atoms with Crippen LogP contribution in [0, 0.1) is 6.92 Å². The monoisotopic (exact) mass is 405 g/mol. The molecule has 1 aliphatic rings. The van der Waals surface area contributed by atoms with E-state index in [9.17, 15) is 14.4 Å². The summed E-state index contributed by atoms with van der Waals surface area (Å²) in [5.41, 5.74) is 0.262. The number of carbonyl (C=O) groups excluding carboxylic acids is 2. The maximum atomic E-state index is 12.9. The molecule has 0 bridgehead atoms. The molecule has 1 fully saturated rings. The van der Waals surface area contributed by atoms with Crippen LogP contribution in [-0.2, 0) is 16.1 Å². The Bertz CT molecular complexity index is 941. The lowest BCUT2D eigenvalue weighted by Gasteiger charge is -2.31. The summed E-state index contributed by atoms with van der Waals surface area (Å²) < 4.78 is 6.59. The lowest BCUT2D eigenvalue weighted by atomic mass is 9.94. The van der Waals surface area contributed by atoms with Gasteiger partial charge in [0.2, 0.25) is 5.91 Å². The van der Waals surface area contributed by atoms with E-state index in [1.165, 1.54) is 17.3 Å². The minimum absolute atomic E-state index is 0.0458. The van der Waals surface area contributed by atoms with Crippen LogP contribution in [0.2, 0.25) is 0 Å². The number of carbonyl (C=O) groups is 2. The summed E-state index contributed by atoms with van der Waals surface area (Å²) in [5.74, 6) is -0.544. The Hall–Kier alpha value is -2.22. The van der Waals surface area contributed by atoms with Crippen molar-refractivity contribution in [2.45, 2.75) is 71.6 Å².